The normalized spacial score (nSPS) is 10.9. The van der Waals surface area contributed by atoms with E-state index in [4.69, 9.17) is 32.7 Å². The summed E-state index contributed by atoms with van der Waals surface area (Å²) in [4.78, 5) is 25.5. The first-order valence-corrected chi connectivity index (χ1v) is 9.51. The number of esters is 1. The second-order valence-electron chi connectivity index (χ2n) is 6.38. The summed E-state index contributed by atoms with van der Waals surface area (Å²) in [6, 6.07) is 11.8. The quantitative estimate of drug-likeness (QED) is 0.441. The van der Waals surface area contributed by atoms with E-state index in [2.05, 4.69) is 5.10 Å². The Morgan fingerprint density at radius 2 is 1.63 bits per heavy atom. The third-order valence-electron chi connectivity index (χ3n) is 4.54. The predicted molar refractivity (Wildman–Crippen MR) is 114 cm³/mol. The molecule has 0 bridgehead atoms. The molecule has 152 valence electrons. The van der Waals surface area contributed by atoms with Gasteiger partial charge in [0.15, 0.2) is 0 Å². The lowest BCUT2D eigenvalue weighted by atomic mass is 10.1. The van der Waals surface area contributed by atoms with E-state index in [1.54, 1.807) is 60.3 Å². The highest BCUT2D eigenvalue weighted by Gasteiger charge is 2.25. The highest BCUT2D eigenvalue weighted by molar-refractivity contribution is 6.34. The monoisotopic (exact) mass is 443 g/mol. The highest BCUT2D eigenvalue weighted by atomic mass is 35.5. The third-order valence-corrected chi connectivity index (χ3v) is 4.97. The molecule has 0 saturated carbocycles. The number of rotatable bonds is 4. The third kappa shape index (κ3) is 3.53. The lowest BCUT2D eigenvalue weighted by Crippen LogP contribution is -2.15. The average Bonchev–Trinajstić information content (AvgIpc) is 3.08. The van der Waals surface area contributed by atoms with E-state index in [1.165, 1.54) is 18.0 Å². The molecule has 0 unspecified atom stereocenters. The standard InChI is InChI=1S/C21H15Cl2N3O4/c1-29-16-5-3-14(4-6-16)26-20(27)17-10-25(15-8-12(22)7-13(23)9-15)11-18(19(17)24-26)21(28)30-2/h3-11H,1-2H3. The molecule has 0 N–H and O–H groups in total. The summed E-state index contributed by atoms with van der Waals surface area (Å²) in [5.41, 5.74) is 1.33. The van der Waals surface area contributed by atoms with Crippen molar-refractivity contribution in [2.45, 2.75) is 0 Å². The minimum absolute atomic E-state index is 0.135. The second-order valence-corrected chi connectivity index (χ2v) is 7.25. The summed E-state index contributed by atoms with van der Waals surface area (Å²) in [5.74, 6) is 0.0238. The number of aromatic nitrogens is 3. The minimum Gasteiger partial charge on any atom is -0.497 e. The molecule has 0 amide bonds. The molecule has 0 spiro atoms. The van der Waals surface area contributed by atoms with Crippen LogP contribution in [-0.2, 0) is 4.74 Å². The fraction of sp³-hybridized carbons (Fsp3) is 0.0952. The van der Waals surface area contributed by atoms with Gasteiger partial charge in [-0.1, -0.05) is 23.2 Å². The smallest absolute Gasteiger partial charge is 0.341 e. The van der Waals surface area contributed by atoms with Crippen LogP contribution < -0.4 is 10.3 Å². The fourth-order valence-corrected chi connectivity index (χ4v) is 3.62. The van der Waals surface area contributed by atoms with Crippen LogP contribution in [0.15, 0.2) is 59.7 Å². The number of carbonyl (C=O) groups excluding carboxylic acids is 1. The summed E-state index contributed by atoms with van der Waals surface area (Å²) in [7, 11) is 2.82. The topological polar surface area (TPSA) is 75.3 Å². The van der Waals surface area contributed by atoms with Gasteiger partial charge in [-0.2, -0.15) is 9.78 Å². The molecule has 2 aromatic carbocycles. The van der Waals surface area contributed by atoms with Gasteiger partial charge in [-0.3, -0.25) is 4.79 Å². The van der Waals surface area contributed by atoms with Crippen LogP contribution in [0.3, 0.4) is 0 Å². The number of hydrogen-bond donors (Lipinski definition) is 0. The summed E-state index contributed by atoms with van der Waals surface area (Å²) in [6.45, 7) is 0. The molecular formula is C21H15Cl2N3O4. The van der Waals surface area contributed by atoms with Crippen molar-refractivity contribution in [3.8, 4) is 28.4 Å². The van der Waals surface area contributed by atoms with E-state index >= 15 is 0 Å². The van der Waals surface area contributed by atoms with E-state index in [-0.39, 0.29) is 22.4 Å². The lowest BCUT2D eigenvalue weighted by molar-refractivity contribution is 0.0600. The van der Waals surface area contributed by atoms with E-state index in [0.29, 0.717) is 27.2 Å². The Kier molecular flexibility index (Phi) is 5.24. The molecule has 0 aromatic heterocycles. The number of halogens is 2. The van der Waals surface area contributed by atoms with Crippen LogP contribution in [0, 0.1) is 0 Å². The first-order chi connectivity index (χ1) is 14.4. The maximum absolute atomic E-state index is 13.1. The molecule has 0 saturated heterocycles. The number of methoxy groups -OCH3 is 2. The number of ether oxygens (including phenoxy) is 2. The van der Waals surface area contributed by atoms with Gasteiger partial charge in [-0.25, -0.2) is 4.79 Å². The van der Waals surface area contributed by atoms with Crippen molar-refractivity contribution >= 4 is 29.2 Å². The van der Waals surface area contributed by atoms with Gasteiger partial charge >= 0.3 is 5.97 Å². The van der Waals surface area contributed by atoms with Crippen LogP contribution in [0.2, 0.25) is 10.0 Å². The zero-order valence-corrected chi connectivity index (χ0v) is 17.4. The van der Waals surface area contributed by atoms with Crippen molar-refractivity contribution in [3.63, 3.8) is 0 Å². The molecule has 0 fully saturated rings. The number of benzene rings is 2. The summed E-state index contributed by atoms with van der Waals surface area (Å²) in [6.07, 6.45) is 3.11. The zero-order chi connectivity index (χ0) is 21.4. The molecule has 7 nitrogen and oxygen atoms in total. The molecular weight excluding hydrogens is 429 g/mol. The van der Waals surface area contributed by atoms with Crippen molar-refractivity contribution in [2.75, 3.05) is 14.2 Å². The Labute approximate surface area is 181 Å². The van der Waals surface area contributed by atoms with Gasteiger partial charge in [-0.15, -0.1) is 0 Å². The van der Waals surface area contributed by atoms with E-state index in [0.717, 1.165) is 0 Å². The Balaban J connectivity index is 1.97. The van der Waals surface area contributed by atoms with Gasteiger partial charge in [0.1, 0.15) is 17.0 Å². The predicted octanol–water partition coefficient (Wildman–Crippen LogP) is 4.23. The van der Waals surface area contributed by atoms with Crippen LogP contribution in [0.4, 0.5) is 0 Å². The van der Waals surface area contributed by atoms with E-state index < -0.39 is 5.97 Å². The number of hydrogen-bond acceptors (Lipinski definition) is 5. The molecule has 2 aromatic rings. The molecule has 2 aliphatic heterocycles. The average molecular weight is 444 g/mol. The number of carbonyl (C=O) groups is 1. The molecule has 4 rings (SSSR count). The van der Waals surface area contributed by atoms with E-state index in [9.17, 15) is 9.59 Å². The van der Waals surface area contributed by atoms with Crippen LogP contribution in [0.25, 0.3) is 22.6 Å². The van der Waals surface area contributed by atoms with Crippen molar-refractivity contribution in [1.29, 1.82) is 0 Å². The van der Waals surface area contributed by atoms with Crippen LogP contribution in [0.1, 0.15) is 10.4 Å². The molecule has 0 aliphatic carbocycles. The highest BCUT2D eigenvalue weighted by Crippen LogP contribution is 2.27. The summed E-state index contributed by atoms with van der Waals surface area (Å²) in [5, 5.41) is 5.21. The van der Waals surface area contributed by atoms with Crippen molar-refractivity contribution in [3.05, 3.63) is 80.8 Å². The van der Waals surface area contributed by atoms with Crippen molar-refractivity contribution in [1.82, 2.24) is 14.3 Å². The van der Waals surface area contributed by atoms with Gasteiger partial charge in [0.25, 0.3) is 5.56 Å². The maximum atomic E-state index is 13.1. The summed E-state index contributed by atoms with van der Waals surface area (Å²) < 4.78 is 12.9. The largest absolute Gasteiger partial charge is 0.497 e. The van der Waals surface area contributed by atoms with E-state index in [1.807, 2.05) is 0 Å². The Bertz CT molecular complexity index is 1260. The molecule has 0 atom stereocenters. The van der Waals surface area contributed by atoms with Gasteiger partial charge in [0.2, 0.25) is 0 Å². The molecule has 0 radical (unpaired) electrons. The number of nitrogens with zero attached hydrogens (tertiary/aromatic N) is 3. The Morgan fingerprint density at radius 1 is 0.967 bits per heavy atom. The number of fused-ring (bicyclic) bond motifs is 1. The fourth-order valence-electron chi connectivity index (χ4n) is 3.10. The van der Waals surface area contributed by atoms with Crippen LogP contribution >= 0.6 is 23.2 Å². The van der Waals surface area contributed by atoms with Crippen molar-refractivity contribution in [2.24, 2.45) is 0 Å². The Hall–Kier alpha value is -3.29. The zero-order valence-electron chi connectivity index (χ0n) is 15.9. The first kappa shape index (κ1) is 20.0. The van der Waals surface area contributed by atoms with Gasteiger partial charge in [0.05, 0.1) is 25.5 Å². The van der Waals surface area contributed by atoms with Gasteiger partial charge in [-0.05, 0) is 42.5 Å². The van der Waals surface area contributed by atoms with Crippen molar-refractivity contribution < 1.29 is 14.3 Å². The molecule has 2 aliphatic rings. The first-order valence-electron chi connectivity index (χ1n) is 8.75. The minimum atomic E-state index is -0.623. The maximum Gasteiger partial charge on any atom is 0.341 e. The second kappa shape index (κ2) is 7.85. The van der Waals surface area contributed by atoms with Gasteiger partial charge in [0, 0.05) is 28.1 Å². The SMILES string of the molecule is COC(=O)c1cn(-c2cc(Cl)cc(Cl)c2)cc2c(=O)n(-c3ccc(OC)cc3)nc1-2. The molecule has 9 heteroatoms. The lowest BCUT2D eigenvalue weighted by Gasteiger charge is -2.12. The molecule has 2 heterocycles. The summed E-state index contributed by atoms with van der Waals surface area (Å²) >= 11 is 12.2. The van der Waals surface area contributed by atoms with Crippen LogP contribution in [-0.4, -0.2) is 34.5 Å². The van der Waals surface area contributed by atoms with Gasteiger partial charge < -0.3 is 14.0 Å². The number of pyridine rings is 1. The molecule has 30 heavy (non-hydrogen) atoms. The Morgan fingerprint density at radius 3 is 2.23 bits per heavy atom. The van der Waals surface area contributed by atoms with Crippen LogP contribution in [0.5, 0.6) is 5.75 Å².